The Bertz CT molecular complexity index is 1240. The number of hydrogen-bond donors (Lipinski definition) is 0. The number of nitrogens with zero attached hydrogens (tertiary/aromatic N) is 1. The standard InChI is InChI=1S/C26H21ClFNO3/c1-31-26(30)23-13-20(14-27)22-12-19(11-17-7-9-21(28)10-8-17)15-29-24(22)25(23)32-16-18-5-3-2-4-6-18/h2-10,12-13,15H,11,14,16H2,1H3. The van der Waals surface area contributed by atoms with Crippen molar-refractivity contribution in [2.45, 2.75) is 18.9 Å². The number of ether oxygens (including phenoxy) is 2. The van der Waals surface area contributed by atoms with Gasteiger partial charge in [0.1, 0.15) is 23.5 Å². The summed E-state index contributed by atoms with van der Waals surface area (Å²) in [5.74, 6) is -0.233. The SMILES string of the molecule is COC(=O)c1cc(CCl)c2cc(Cc3ccc(F)cc3)cnc2c1OCc1ccccc1. The molecule has 1 heterocycles. The maximum absolute atomic E-state index is 13.2. The van der Waals surface area contributed by atoms with Crippen molar-refractivity contribution in [2.24, 2.45) is 0 Å². The first-order valence-corrected chi connectivity index (χ1v) is 10.6. The molecule has 0 fully saturated rings. The van der Waals surface area contributed by atoms with Gasteiger partial charge < -0.3 is 9.47 Å². The highest BCUT2D eigenvalue weighted by Gasteiger charge is 2.21. The monoisotopic (exact) mass is 449 g/mol. The summed E-state index contributed by atoms with van der Waals surface area (Å²) in [6, 6.07) is 19.7. The molecule has 4 aromatic rings. The quantitative estimate of drug-likeness (QED) is 0.254. The van der Waals surface area contributed by atoms with E-state index in [1.165, 1.54) is 19.2 Å². The van der Waals surface area contributed by atoms with E-state index in [4.69, 9.17) is 21.1 Å². The van der Waals surface area contributed by atoms with E-state index in [9.17, 15) is 9.18 Å². The number of aromatic nitrogens is 1. The van der Waals surface area contributed by atoms with Gasteiger partial charge in [-0.15, -0.1) is 11.6 Å². The highest BCUT2D eigenvalue weighted by Crippen LogP contribution is 2.34. The van der Waals surface area contributed by atoms with E-state index in [1.54, 1.807) is 24.4 Å². The molecule has 0 aliphatic carbocycles. The minimum atomic E-state index is -0.515. The molecule has 0 spiro atoms. The van der Waals surface area contributed by atoms with Gasteiger partial charge in [0.05, 0.1) is 7.11 Å². The normalized spacial score (nSPS) is 10.8. The summed E-state index contributed by atoms with van der Waals surface area (Å²) in [4.78, 5) is 17.1. The molecule has 0 saturated heterocycles. The summed E-state index contributed by atoms with van der Waals surface area (Å²) in [5.41, 5.74) is 4.45. The van der Waals surface area contributed by atoms with Crippen molar-refractivity contribution in [3.63, 3.8) is 0 Å². The predicted octanol–water partition coefficient (Wildman–Crippen LogP) is 6.07. The number of alkyl halides is 1. The predicted molar refractivity (Wildman–Crippen MR) is 123 cm³/mol. The molecule has 4 nitrogen and oxygen atoms in total. The Balaban J connectivity index is 1.77. The van der Waals surface area contributed by atoms with E-state index >= 15 is 0 Å². The minimum absolute atomic E-state index is 0.196. The number of methoxy groups -OCH3 is 1. The van der Waals surface area contributed by atoms with Gasteiger partial charge in [0.25, 0.3) is 0 Å². The van der Waals surface area contributed by atoms with Gasteiger partial charge in [-0.25, -0.2) is 9.18 Å². The van der Waals surface area contributed by atoms with Gasteiger partial charge in [-0.2, -0.15) is 0 Å². The molecule has 0 atom stereocenters. The van der Waals surface area contributed by atoms with Gasteiger partial charge in [-0.1, -0.05) is 42.5 Å². The van der Waals surface area contributed by atoms with Crippen LogP contribution in [0.5, 0.6) is 5.75 Å². The minimum Gasteiger partial charge on any atom is -0.486 e. The molecule has 0 radical (unpaired) electrons. The van der Waals surface area contributed by atoms with Crippen molar-refractivity contribution >= 4 is 28.5 Å². The van der Waals surface area contributed by atoms with Crippen LogP contribution in [0.3, 0.4) is 0 Å². The fraction of sp³-hybridized carbons (Fsp3) is 0.154. The third-order valence-corrected chi connectivity index (χ3v) is 5.45. The molecule has 0 unspecified atom stereocenters. The molecule has 0 amide bonds. The Kier molecular flexibility index (Phi) is 6.66. The summed E-state index contributed by atoms with van der Waals surface area (Å²) < 4.78 is 24.3. The fourth-order valence-electron chi connectivity index (χ4n) is 3.56. The number of fused-ring (bicyclic) bond motifs is 1. The lowest BCUT2D eigenvalue weighted by Crippen LogP contribution is -2.08. The Morgan fingerprint density at radius 3 is 2.44 bits per heavy atom. The molecule has 6 heteroatoms. The number of carbonyl (C=O) groups excluding carboxylic acids is 1. The third kappa shape index (κ3) is 4.73. The van der Waals surface area contributed by atoms with Crippen LogP contribution in [0.25, 0.3) is 10.9 Å². The van der Waals surface area contributed by atoms with Crippen molar-refractivity contribution in [2.75, 3.05) is 7.11 Å². The third-order valence-electron chi connectivity index (χ3n) is 5.17. The summed E-state index contributed by atoms with van der Waals surface area (Å²) in [6.07, 6.45) is 2.32. The lowest BCUT2D eigenvalue weighted by atomic mass is 10.00. The maximum Gasteiger partial charge on any atom is 0.341 e. The second-order valence-corrected chi connectivity index (χ2v) is 7.62. The van der Waals surface area contributed by atoms with Gasteiger partial charge in [0.15, 0.2) is 5.75 Å². The van der Waals surface area contributed by atoms with Crippen LogP contribution in [-0.2, 0) is 23.6 Å². The van der Waals surface area contributed by atoms with E-state index in [0.29, 0.717) is 17.7 Å². The Labute approximate surface area is 190 Å². The topological polar surface area (TPSA) is 48.4 Å². The first-order chi connectivity index (χ1) is 15.6. The van der Waals surface area contributed by atoms with Crippen LogP contribution >= 0.6 is 11.6 Å². The zero-order chi connectivity index (χ0) is 22.5. The van der Waals surface area contributed by atoms with Gasteiger partial charge >= 0.3 is 5.97 Å². The van der Waals surface area contributed by atoms with Crippen LogP contribution in [0, 0.1) is 5.82 Å². The summed E-state index contributed by atoms with van der Waals surface area (Å²) in [6.45, 7) is 0.277. The molecule has 4 rings (SSSR count). The van der Waals surface area contributed by atoms with Crippen LogP contribution in [0.15, 0.2) is 72.9 Å². The molecule has 0 bridgehead atoms. The van der Waals surface area contributed by atoms with Crippen molar-refractivity contribution in [1.82, 2.24) is 4.98 Å². The number of pyridine rings is 1. The summed E-state index contributed by atoms with van der Waals surface area (Å²) in [5, 5.41) is 0.801. The second kappa shape index (κ2) is 9.79. The molecule has 0 N–H and O–H groups in total. The number of esters is 1. The highest BCUT2D eigenvalue weighted by molar-refractivity contribution is 6.18. The molecule has 3 aromatic carbocycles. The van der Waals surface area contributed by atoms with Crippen molar-refractivity contribution in [1.29, 1.82) is 0 Å². The summed E-state index contributed by atoms with van der Waals surface area (Å²) in [7, 11) is 1.33. The second-order valence-electron chi connectivity index (χ2n) is 7.35. The number of halogens is 2. The molecule has 162 valence electrons. The molecular formula is C26H21ClFNO3. The number of rotatable bonds is 7. The Morgan fingerprint density at radius 1 is 1.00 bits per heavy atom. The molecule has 1 aromatic heterocycles. The van der Waals surface area contributed by atoms with Crippen LogP contribution in [-0.4, -0.2) is 18.1 Å². The van der Waals surface area contributed by atoms with E-state index in [0.717, 1.165) is 27.6 Å². The van der Waals surface area contributed by atoms with Gasteiger partial charge in [0.2, 0.25) is 0 Å². The van der Waals surface area contributed by atoms with Crippen molar-refractivity contribution in [3.8, 4) is 5.75 Å². The number of benzene rings is 3. The Hall–Kier alpha value is -3.44. The van der Waals surface area contributed by atoms with Crippen LogP contribution in [0.1, 0.15) is 32.6 Å². The average molecular weight is 450 g/mol. The molecule has 0 aliphatic rings. The first-order valence-electron chi connectivity index (χ1n) is 10.1. The molecular weight excluding hydrogens is 429 g/mol. The number of hydrogen-bond acceptors (Lipinski definition) is 4. The number of carbonyl (C=O) groups is 1. The molecule has 0 saturated carbocycles. The van der Waals surface area contributed by atoms with Crippen LogP contribution < -0.4 is 4.74 Å². The van der Waals surface area contributed by atoms with Gasteiger partial charge in [0, 0.05) is 17.5 Å². The van der Waals surface area contributed by atoms with E-state index in [-0.39, 0.29) is 23.9 Å². The maximum atomic E-state index is 13.2. The zero-order valence-electron chi connectivity index (χ0n) is 17.5. The van der Waals surface area contributed by atoms with E-state index in [2.05, 4.69) is 4.98 Å². The average Bonchev–Trinajstić information content (AvgIpc) is 2.83. The largest absolute Gasteiger partial charge is 0.486 e. The molecule has 0 aliphatic heterocycles. The molecule has 32 heavy (non-hydrogen) atoms. The smallest absolute Gasteiger partial charge is 0.341 e. The van der Waals surface area contributed by atoms with Crippen molar-refractivity contribution in [3.05, 3.63) is 107 Å². The zero-order valence-corrected chi connectivity index (χ0v) is 18.2. The van der Waals surface area contributed by atoms with Crippen LogP contribution in [0.2, 0.25) is 0 Å². The lowest BCUT2D eigenvalue weighted by molar-refractivity contribution is 0.0595. The van der Waals surface area contributed by atoms with Crippen molar-refractivity contribution < 1.29 is 18.7 Å². The van der Waals surface area contributed by atoms with Gasteiger partial charge in [-0.05, 0) is 52.9 Å². The summed E-state index contributed by atoms with van der Waals surface area (Å²) >= 11 is 6.22. The van der Waals surface area contributed by atoms with Crippen LogP contribution in [0.4, 0.5) is 4.39 Å². The highest BCUT2D eigenvalue weighted by atomic mass is 35.5. The fourth-order valence-corrected chi connectivity index (χ4v) is 3.78. The van der Waals surface area contributed by atoms with E-state index < -0.39 is 5.97 Å². The lowest BCUT2D eigenvalue weighted by Gasteiger charge is -2.16. The van der Waals surface area contributed by atoms with E-state index in [1.807, 2.05) is 36.4 Å². The van der Waals surface area contributed by atoms with Gasteiger partial charge in [-0.3, -0.25) is 4.98 Å². The Morgan fingerprint density at radius 2 is 1.75 bits per heavy atom. The first kappa shape index (κ1) is 21.8.